The number of nitrogens with zero attached hydrogens (tertiary/aromatic N) is 3. The zero-order valence-electron chi connectivity index (χ0n) is 14.7. The molecule has 0 fully saturated rings. The fourth-order valence-corrected chi connectivity index (χ4v) is 3.20. The van der Waals surface area contributed by atoms with Crippen molar-refractivity contribution in [1.29, 1.82) is 15.8 Å². The molecular weight excluding hydrogens is 290 g/mol. The Hall–Kier alpha value is -1.35. The van der Waals surface area contributed by atoms with Crippen molar-refractivity contribution < 1.29 is 4.43 Å². The highest BCUT2D eigenvalue weighted by Crippen LogP contribution is 2.41. The third-order valence-corrected chi connectivity index (χ3v) is 9.33. The van der Waals surface area contributed by atoms with Crippen LogP contribution < -0.4 is 0 Å². The highest BCUT2D eigenvalue weighted by Gasteiger charge is 2.40. The molecule has 0 atom stereocenters. The summed E-state index contributed by atoms with van der Waals surface area (Å²) < 4.78 is 6.36. The van der Waals surface area contributed by atoms with Gasteiger partial charge in [0.25, 0.3) is 0 Å². The van der Waals surface area contributed by atoms with Crippen molar-refractivity contribution in [1.82, 2.24) is 0 Å². The van der Waals surface area contributed by atoms with E-state index >= 15 is 0 Å². The van der Waals surface area contributed by atoms with Gasteiger partial charge < -0.3 is 4.43 Å². The Kier molecular flexibility index (Phi) is 8.39. The molecule has 0 aromatic heterocycles. The zero-order chi connectivity index (χ0) is 17.3. The molecule has 122 valence electrons. The molecule has 0 rings (SSSR count). The molecule has 0 aliphatic carbocycles. The first kappa shape index (κ1) is 20.6. The van der Waals surface area contributed by atoms with E-state index < -0.39 is 8.32 Å². The number of hydrogen-bond acceptors (Lipinski definition) is 4. The minimum absolute atomic E-state index is 0.123. The molecule has 0 saturated carbocycles. The predicted molar refractivity (Wildman–Crippen MR) is 90.1 cm³/mol. The van der Waals surface area contributed by atoms with Crippen molar-refractivity contribution in [3.63, 3.8) is 0 Å². The maximum Gasteiger partial charge on any atom is 0.192 e. The van der Waals surface area contributed by atoms with Gasteiger partial charge in [-0.25, -0.2) is 0 Å². The van der Waals surface area contributed by atoms with Gasteiger partial charge in [-0.15, -0.1) is 0 Å². The monoisotopic (exact) mass is 319 g/mol. The second-order valence-electron chi connectivity index (χ2n) is 7.52. The predicted octanol–water partition coefficient (Wildman–Crippen LogP) is 4.91. The summed E-state index contributed by atoms with van der Waals surface area (Å²) in [4.78, 5) is 0. The molecule has 0 N–H and O–H groups in total. The Labute approximate surface area is 136 Å². The van der Waals surface area contributed by atoms with Crippen LogP contribution in [0.4, 0.5) is 0 Å². The summed E-state index contributed by atoms with van der Waals surface area (Å²) in [5.74, 6) is 0. The largest absolute Gasteiger partial charge is 0.416 e. The van der Waals surface area contributed by atoms with Crippen molar-refractivity contribution >= 4 is 8.32 Å². The molecule has 22 heavy (non-hydrogen) atoms. The molecule has 0 radical (unpaired) electrons. The van der Waals surface area contributed by atoms with Gasteiger partial charge in [-0.1, -0.05) is 20.8 Å². The van der Waals surface area contributed by atoms with Crippen LogP contribution in [0.2, 0.25) is 18.1 Å². The second kappa shape index (κ2) is 8.94. The molecule has 0 saturated heterocycles. The second-order valence-corrected chi connectivity index (χ2v) is 12.3. The molecule has 0 aromatic carbocycles. The average Bonchev–Trinajstić information content (AvgIpc) is 2.44. The van der Waals surface area contributed by atoms with Crippen LogP contribution in [0.15, 0.2) is 0 Å². The van der Waals surface area contributed by atoms with E-state index in [1.807, 2.05) is 0 Å². The standard InChI is InChI=1S/C17H29N3OSi/c1-16(2,3)22(4,5)21-15-17(9-6-12-18,10-7-13-19)11-8-14-20/h6-11,15H2,1-5H3. The third-order valence-electron chi connectivity index (χ3n) is 4.85. The minimum Gasteiger partial charge on any atom is -0.416 e. The van der Waals surface area contributed by atoms with E-state index in [1.165, 1.54) is 0 Å². The average molecular weight is 320 g/mol. The van der Waals surface area contributed by atoms with E-state index in [1.54, 1.807) is 0 Å². The van der Waals surface area contributed by atoms with E-state index in [2.05, 4.69) is 52.1 Å². The zero-order valence-corrected chi connectivity index (χ0v) is 15.7. The van der Waals surface area contributed by atoms with E-state index in [0.717, 1.165) is 0 Å². The van der Waals surface area contributed by atoms with Crippen molar-refractivity contribution in [2.75, 3.05) is 6.61 Å². The van der Waals surface area contributed by atoms with Crippen molar-refractivity contribution in [2.24, 2.45) is 5.41 Å². The lowest BCUT2D eigenvalue weighted by Crippen LogP contribution is -2.44. The van der Waals surface area contributed by atoms with Gasteiger partial charge in [0.2, 0.25) is 0 Å². The molecule has 0 heterocycles. The Morgan fingerprint density at radius 3 is 1.45 bits per heavy atom. The minimum atomic E-state index is -1.88. The molecule has 4 nitrogen and oxygen atoms in total. The van der Waals surface area contributed by atoms with Gasteiger partial charge in [0.1, 0.15) is 0 Å². The van der Waals surface area contributed by atoms with Gasteiger partial charge in [0, 0.05) is 25.9 Å². The summed E-state index contributed by atoms with van der Waals surface area (Å²) >= 11 is 0. The first-order valence-electron chi connectivity index (χ1n) is 7.89. The van der Waals surface area contributed by atoms with Crippen molar-refractivity contribution in [3.05, 3.63) is 0 Å². The third kappa shape index (κ3) is 6.61. The van der Waals surface area contributed by atoms with Gasteiger partial charge in [-0.3, -0.25) is 0 Å². The summed E-state index contributed by atoms with van der Waals surface area (Å²) in [6.07, 6.45) is 3.41. The van der Waals surface area contributed by atoms with E-state index in [4.69, 9.17) is 20.2 Å². The first-order valence-corrected chi connectivity index (χ1v) is 10.8. The lowest BCUT2D eigenvalue weighted by Gasteiger charge is -2.41. The Balaban J connectivity index is 5.15. The van der Waals surface area contributed by atoms with E-state index in [9.17, 15) is 0 Å². The lowest BCUT2D eigenvalue weighted by molar-refractivity contribution is 0.105. The summed E-state index contributed by atoms with van der Waals surface area (Å²) in [5.41, 5.74) is -0.225. The topological polar surface area (TPSA) is 80.6 Å². The molecular formula is C17H29N3OSi. The Morgan fingerprint density at radius 2 is 1.18 bits per heavy atom. The van der Waals surface area contributed by atoms with Crippen LogP contribution >= 0.6 is 0 Å². The smallest absolute Gasteiger partial charge is 0.192 e. The molecule has 0 unspecified atom stereocenters. The quantitative estimate of drug-likeness (QED) is 0.566. The molecule has 0 bridgehead atoms. The Morgan fingerprint density at radius 1 is 0.818 bits per heavy atom. The van der Waals surface area contributed by atoms with Crippen LogP contribution in [0, 0.1) is 39.4 Å². The maximum atomic E-state index is 8.93. The summed E-state index contributed by atoms with van der Waals surface area (Å²) in [6.45, 7) is 11.5. The van der Waals surface area contributed by atoms with Crippen LogP contribution in [0.3, 0.4) is 0 Å². The molecule has 0 amide bonds. The van der Waals surface area contributed by atoms with Crippen molar-refractivity contribution in [2.45, 2.75) is 77.4 Å². The first-order chi connectivity index (χ1) is 10.1. The molecule has 0 aliphatic heterocycles. The summed E-state index contributed by atoms with van der Waals surface area (Å²) in [7, 11) is -1.88. The van der Waals surface area contributed by atoms with Gasteiger partial charge in [0.15, 0.2) is 8.32 Å². The van der Waals surface area contributed by atoms with Gasteiger partial charge >= 0.3 is 0 Å². The highest BCUT2D eigenvalue weighted by molar-refractivity contribution is 6.74. The van der Waals surface area contributed by atoms with Crippen LogP contribution in [0.1, 0.15) is 59.3 Å². The van der Waals surface area contributed by atoms with Gasteiger partial charge in [0.05, 0.1) is 18.2 Å². The highest BCUT2D eigenvalue weighted by atomic mass is 28.4. The number of rotatable bonds is 9. The van der Waals surface area contributed by atoms with E-state index in [0.29, 0.717) is 45.1 Å². The fourth-order valence-electron chi connectivity index (χ4n) is 2.10. The van der Waals surface area contributed by atoms with Crippen LogP contribution in [0.25, 0.3) is 0 Å². The lowest BCUT2D eigenvalue weighted by atomic mass is 9.76. The molecule has 0 aliphatic rings. The molecule has 5 heteroatoms. The van der Waals surface area contributed by atoms with Gasteiger partial charge in [-0.2, -0.15) is 15.8 Å². The SMILES string of the molecule is CC(C)(C)[Si](C)(C)OCC(CCC#N)(CCC#N)CCC#N. The van der Waals surface area contributed by atoms with Crippen LogP contribution in [-0.2, 0) is 4.43 Å². The molecule has 0 aromatic rings. The van der Waals surface area contributed by atoms with Crippen molar-refractivity contribution in [3.8, 4) is 18.2 Å². The maximum absolute atomic E-state index is 8.93. The Bertz CT molecular complexity index is 415. The molecule has 0 spiro atoms. The fraction of sp³-hybridized carbons (Fsp3) is 0.824. The normalized spacial score (nSPS) is 12.3. The number of nitriles is 3. The summed E-state index contributed by atoms with van der Waals surface area (Å²) in [6, 6.07) is 6.58. The van der Waals surface area contributed by atoms with Gasteiger partial charge in [-0.05, 0) is 42.8 Å². The van der Waals surface area contributed by atoms with Crippen LogP contribution in [0.5, 0.6) is 0 Å². The van der Waals surface area contributed by atoms with E-state index in [-0.39, 0.29) is 10.5 Å². The number of hydrogen-bond donors (Lipinski definition) is 0. The van der Waals surface area contributed by atoms with Crippen LogP contribution in [-0.4, -0.2) is 14.9 Å². The summed E-state index contributed by atoms with van der Waals surface area (Å²) in [5, 5.41) is 26.9.